The molecule has 0 aromatic carbocycles. The predicted octanol–water partition coefficient (Wildman–Crippen LogP) is 0.286. The standard InChI is InChI=1S/C12H20N6OS.HI/c1-16(2)10(19)9-15-11(13)17-4-6-18(7-5-17)12-14-3-8-20-12;/h3,8H,4-7,9H2,1-2H3,(H2,13,15);1H. The van der Waals surface area contributed by atoms with Gasteiger partial charge in [0.1, 0.15) is 6.54 Å². The number of nitrogens with two attached hydrogens (primary N) is 1. The minimum absolute atomic E-state index is 0. The van der Waals surface area contributed by atoms with Crippen LogP contribution >= 0.6 is 35.3 Å². The Morgan fingerprint density at radius 3 is 2.62 bits per heavy atom. The first-order valence-corrected chi connectivity index (χ1v) is 7.35. The van der Waals surface area contributed by atoms with Gasteiger partial charge in [0.05, 0.1) is 0 Å². The number of guanidine groups is 1. The highest BCUT2D eigenvalue weighted by Gasteiger charge is 2.19. The Morgan fingerprint density at radius 1 is 1.43 bits per heavy atom. The lowest BCUT2D eigenvalue weighted by molar-refractivity contribution is -0.127. The maximum Gasteiger partial charge on any atom is 0.243 e. The molecule has 7 nitrogen and oxygen atoms in total. The average molecular weight is 424 g/mol. The van der Waals surface area contributed by atoms with Crippen molar-refractivity contribution < 1.29 is 4.79 Å². The lowest BCUT2D eigenvalue weighted by atomic mass is 10.3. The number of aliphatic imine (C=N–C) groups is 1. The third kappa shape index (κ3) is 4.99. The summed E-state index contributed by atoms with van der Waals surface area (Å²) >= 11 is 1.64. The molecular formula is C12H21IN6OS. The summed E-state index contributed by atoms with van der Waals surface area (Å²) in [4.78, 5) is 25.7. The summed E-state index contributed by atoms with van der Waals surface area (Å²) in [5, 5.41) is 3.02. The van der Waals surface area contributed by atoms with Crippen molar-refractivity contribution in [3.05, 3.63) is 11.6 Å². The largest absolute Gasteiger partial charge is 0.370 e. The van der Waals surface area contributed by atoms with Crippen molar-refractivity contribution in [3.63, 3.8) is 0 Å². The molecule has 2 rings (SSSR count). The number of anilines is 1. The molecule has 118 valence electrons. The van der Waals surface area contributed by atoms with Crippen molar-refractivity contribution in [3.8, 4) is 0 Å². The third-order valence-corrected chi connectivity index (χ3v) is 4.00. The first-order valence-electron chi connectivity index (χ1n) is 6.47. The van der Waals surface area contributed by atoms with Gasteiger partial charge in [0.15, 0.2) is 11.1 Å². The number of piperazine rings is 1. The molecule has 0 saturated carbocycles. The van der Waals surface area contributed by atoms with Gasteiger partial charge >= 0.3 is 0 Å². The number of nitrogens with zero attached hydrogens (tertiary/aromatic N) is 5. The van der Waals surface area contributed by atoms with Crippen LogP contribution in [0.4, 0.5) is 5.13 Å². The van der Waals surface area contributed by atoms with Crippen molar-refractivity contribution in [1.29, 1.82) is 0 Å². The number of amides is 1. The molecule has 2 heterocycles. The third-order valence-electron chi connectivity index (χ3n) is 3.17. The second-order valence-electron chi connectivity index (χ2n) is 4.75. The monoisotopic (exact) mass is 424 g/mol. The quantitative estimate of drug-likeness (QED) is 0.429. The first-order chi connectivity index (χ1) is 9.58. The molecular weight excluding hydrogens is 403 g/mol. The Morgan fingerprint density at radius 2 is 2.10 bits per heavy atom. The molecule has 0 unspecified atom stereocenters. The average Bonchev–Trinajstić information content (AvgIpc) is 2.98. The van der Waals surface area contributed by atoms with E-state index in [0.29, 0.717) is 5.96 Å². The molecule has 1 aromatic rings. The van der Waals surface area contributed by atoms with Gasteiger partial charge in [-0.25, -0.2) is 9.98 Å². The van der Waals surface area contributed by atoms with Gasteiger partial charge in [-0.3, -0.25) is 4.79 Å². The van der Waals surface area contributed by atoms with Crippen LogP contribution in [0.3, 0.4) is 0 Å². The number of hydrogen-bond acceptors (Lipinski definition) is 5. The minimum Gasteiger partial charge on any atom is -0.370 e. The van der Waals surface area contributed by atoms with Crippen molar-refractivity contribution in [2.45, 2.75) is 0 Å². The summed E-state index contributed by atoms with van der Waals surface area (Å²) in [5.74, 6) is 0.397. The normalized spacial score (nSPS) is 15.6. The molecule has 1 aromatic heterocycles. The first kappa shape index (κ1) is 18.0. The van der Waals surface area contributed by atoms with Crippen LogP contribution in [-0.2, 0) is 4.79 Å². The zero-order chi connectivity index (χ0) is 14.5. The number of halogens is 1. The van der Waals surface area contributed by atoms with Gasteiger partial charge in [-0.1, -0.05) is 0 Å². The highest BCUT2D eigenvalue weighted by Crippen LogP contribution is 2.18. The van der Waals surface area contributed by atoms with E-state index >= 15 is 0 Å². The molecule has 21 heavy (non-hydrogen) atoms. The fraction of sp³-hybridized carbons (Fsp3) is 0.583. The molecule has 0 spiro atoms. The second kappa shape index (κ2) is 8.37. The predicted molar refractivity (Wildman–Crippen MR) is 96.5 cm³/mol. The molecule has 0 radical (unpaired) electrons. The number of carbonyl (C=O) groups excluding carboxylic acids is 1. The van der Waals surface area contributed by atoms with Gasteiger partial charge in [0, 0.05) is 51.9 Å². The summed E-state index contributed by atoms with van der Waals surface area (Å²) in [6, 6.07) is 0. The summed E-state index contributed by atoms with van der Waals surface area (Å²) < 4.78 is 0. The van der Waals surface area contributed by atoms with E-state index in [1.54, 1.807) is 25.4 Å². The lowest BCUT2D eigenvalue weighted by Crippen LogP contribution is -2.51. The zero-order valence-electron chi connectivity index (χ0n) is 12.2. The highest BCUT2D eigenvalue weighted by molar-refractivity contribution is 14.0. The van der Waals surface area contributed by atoms with E-state index in [2.05, 4.69) is 14.9 Å². The molecule has 9 heteroatoms. The van der Waals surface area contributed by atoms with E-state index in [-0.39, 0.29) is 36.4 Å². The Balaban J connectivity index is 0.00000220. The van der Waals surface area contributed by atoms with Gasteiger partial charge in [-0.2, -0.15) is 0 Å². The molecule has 0 aliphatic carbocycles. The highest BCUT2D eigenvalue weighted by atomic mass is 127. The Hall–Kier alpha value is -1.10. The number of aromatic nitrogens is 1. The fourth-order valence-corrected chi connectivity index (χ4v) is 2.59. The topological polar surface area (TPSA) is 78.1 Å². The second-order valence-corrected chi connectivity index (χ2v) is 5.62. The van der Waals surface area contributed by atoms with Crippen LogP contribution in [0.1, 0.15) is 0 Å². The van der Waals surface area contributed by atoms with E-state index in [0.717, 1.165) is 31.3 Å². The van der Waals surface area contributed by atoms with Gasteiger partial charge in [-0.05, 0) is 0 Å². The van der Waals surface area contributed by atoms with Crippen molar-refractivity contribution in [2.75, 3.05) is 51.7 Å². The minimum atomic E-state index is -0.0469. The Bertz CT molecular complexity index is 470. The Labute approximate surface area is 145 Å². The number of hydrogen-bond donors (Lipinski definition) is 1. The number of rotatable bonds is 3. The van der Waals surface area contributed by atoms with Gasteiger partial charge in [0.2, 0.25) is 5.91 Å². The van der Waals surface area contributed by atoms with Crippen LogP contribution in [0, 0.1) is 0 Å². The van der Waals surface area contributed by atoms with Crippen LogP contribution in [0.2, 0.25) is 0 Å². The van der Waals surface area contributed by atoms with E-state index in [1.807, 2.05) is 16.5 Å². The van der Waals surface area contributed by atoms with E-state index < -0.39 is 0 Å². The molecule has 2 N–H and O–H groups in total. The maximum atomic E-state index is 11.5. The molecule has 1 amide bonds. The van der Waals surface area contributed by atoms with Gasteiger partial charge < -0.3 is 20.4 Å². The molecule has 1 aliphatic rings. The smallest absolute Gasteiger partial charge is 0.243 e. The van der Waals surface area contributed by atoms with Gasteiger partial charge in [-0.15, -0.1) is 35.3 Å². The number of thiazole rings is 1. The Kier molecular flexibility index (Phi) is 7.15. The fourth-order valence-electron chi connectivity index (χ4n) is 1.89. The van der Waals surface area contributed by atoms with Crippen LogP contribution in [0.5, 0.6) is 0 Å². The van der Waals surface area contributed by atoms with Crippen molar-refractivity contribution in [1.82, 2.24) is 14.8 Å². The lowest BCUT2D eigenvalue weighted by Gasteiger charge is -2.35. The van der Waals surface area contributed by atoms with E-state index in [4.69, 9.17) is 5.73 Å². The summed E-state index contributed by atoms with van der Waals surface area (Å²) in [6.45, 7) is 3.43. The molecule has 1 aliphatic heterocycles. The van der Waals surface area contributed by atoms with Crippen LogP contribution in [0.25, 0.3) is 0 Å². The zero-order valence-corrected chi connectivity index (χ0v) is 15.4. The molecule has 0 bridgehead atoms. The summed E-state index contributed by atoms with van der Waals surface area (Å²) in [6.07, 6.45) is 1.81. The number of carbonyl (C=O) groups is 1. The maximum absolute atomic E-state index is 11.5. The van der Waals surface area contributed by atoms with Crippen LogP contribution in [0.15, 0.2) is 16.6 Å². The summed E-state index contributed by atoms with van der Waals surface area (Å²) in [7, 11) is 3.42. The molecule has 0 atom stereocenters. The van der Waals surface area contributed by atoms with Crippen LogP contribution in [-0.4, -0.2) is 73.5 Å². The molecule has 1 fully saturated rings. The van der Waals surface area contributed by atoms with Crippen LogP contribution < -0.4 is 10.6 Å². The summed E-state index contributed by atoms with van der Waals surface area (Å²) in [5.41, 5.74) is 5.93. The van der Waals surface area contributed by atoms with Crippen molar-refractivity contribution >= 4 is 52.3 Å². The SMILES string of the molecule is CN(C)C(=O)CN=C(N)N1CCN(c2nccs2)CC1.I. The molecule has 1 saturated heterocycles. The number of likely N-dealkylation sites (N-methyl/N-ethyl adjacent to an activating group) is 1. The van der Waals surface area contributed by atoms with E-state index in [1.165, 1.54) is 4.90 Å². The van der Waals surface area contributed by atoms with E-state index in [9.17, 15) is 4.79 Å². The van der Waals surface area contributed by atoms with Gasteiger partial charge in [0.25, 0.3) is 0 Å². The van der Waals surface area contributed by atoms with Crippen molar-refractivity contribution in [2.24, 2.45) is 10.7 Å².